The molecule has 2 heteroatoms. The van der Waals surface area contributed by atoms with Crippen molar-refractivity contribution in [1.82, 2.24) is 0 Å². The molecule has 0 aromatic carbocycles. The van der Waals surface area contributed by atoms with E-state index in [0.717, 1.165) is 17.8 Å². The van der Waals surface area contributed by atoms with E-state index in [2.05, 4.69) is 41.7 Å². The van der Waals surface area contributed by atoms with Crippen LogP contribution in [0.1, 0.15) is 34.6 Å². The minimum atomic E-state index is 0.341. The lowest BCUT2D eigenvalue weighted by molar-refractivity contribution is -0.946. The number of ether oxygens (including phenoxy) is 1. The first-order valence-corrected chi connectivity index (χ1v) is 4.88. The second kappa shape index (κ2) is 4.83. The molecule has 0 rings (SSSR count). The molecule has 0 aliphatic heterocycles. The van der Waals surface area contributed by atoms with E-state index in [-0.39, 0.29) is 0 Å². The number of quaternary nitrogens is 1. The van der Waals surface area contributed by atoms with Crippen molar-refractivity contribution in [3.8, 4) is 0 Å². The van der Waals surface area contributed by atoms with Crippen molar-refractivity contribution < 1.29 is 9.22 Å². The van der Waals surface area contributed by atoms with Gasteiger partial charge in [0.25, 0.3) is 0 Å². The van der Waals surface area contributed by atoms with Crippen molar-refractivity contribution in [2.75, 3.05) is 20.3 Å². The third kappa shape index (κ3) is 3.55. The molecular formula is C10H24NO+. The third-order valence-corrected chi connectivity index (χ3v) is 2.67. The molecule has 0 aromatic rings. The Bertz CT molecular complexity index is 123. The minimum absolute atomic E-state index is 0.341. The van der Waals surface area contributed by atoms with Crippen molar-refractivity contribution in [2.24, 2.45) is 0 Å². The molecule has 0 bridgehead atoms. The van der Waals surface area contributed by atoms with Crippen LogP contribution in [0.2, 0.25) is 0 Å². The van der Waals surface area contributed by atoms with Gasteiger partial charge in [0.2, 0.25) is 0 Å². The molecule has 1 unspecified atom stereocenters. The van der Waals surface area contributed by atoms with Gasteiger partial charge in [-0.15, -0.1) is 0 Å². The highest BCUT2D eigenvalue weighted by atomic mass is 16.5. The van der Waals surface area contributed by atoms with E-state index in [0.29, 0.717) is 12.1 Å². The van der Waals surface area contributed by atoms with E-state index in [1.165, 1.54) is 0 Å². The zero-order valence-corrected chi connectivity index (χ0v) is 9.42. The van der Waals surface area contributed by atoms with E-state index in [9.17, 15) is 0 Å². The SMILES string of the molecule is CC[N+](C)(COC(C)C)C(C)C. The van der Waals surface area contributed by atoms with Crippen LogP contribution in [-0.2, 0) is 4.74 Å². The first kappa shape index (κ1) is 11.9. The Labute approximate surface area is 77.1 Å². The van der Waals surface area contributed by atoms with E-state index in [4.69, 9.17) is 4.74 Å². The maximum absolute atomic E-state index is 5.63. The van der Waals surface area contributed by atoms with E-state index in [1.54, 1.807) is 0 Å². The lowest BCUT2D eigenvalue weighted by Crippen LogP contribution is -2.51. The third-order valence-electron chi connectivity index (χ3n) is 2.67. The molecule has 0 aromatic heterocycles. The summed E-state index contributed by atoms with van der Waals surface area (Å²) in [6, 6.07) is 0.633. The Morgan fingerprint density at radius 1 is 1.17 bits per heavy atom. The first-order chi connectivity index (χ1) is 5.42. The highest BCUT2D eigenvalue weighted by Gasteiger charge is 2.23. The highest BCUT2D eigenvalue weighted by molar-refractivity contribution is 4.40. The van der Waals surface area contributed by atoms with Gasteiger partial charge >= 0.3 is 0 Å². The van der Waals surface area contributed by atoms with Crippen molar-refractivity contribution in [3.63, 3.8) is 0 Å². The Morgan fingerprint density at radius 3 is 1.92 bits per heavy atom. The quantitative estimate of drug-likeness (QED) is 0.459. The maximum atomic E-state index is 5.63. The topological polar surface area (TPSA) is 9.23 Å². The van der Waals surface area contributed by atoms with E-state index >= 15 is 0 Å². The zero-order valence-electron chi connectivity index (χ0n) is 9.42. The standard InChI is InChI=1S/C10H24NO/c1-7-11(6,9(2)3)8-12-10(4)5/h9-10H,7-8H2,1-6H3/q+1. The molecule has 2 nitrogen and oxygen atoms in total. The zero-order chi connectivity index (χ0) is 9.78. The molecule has 1 atom stereocenters. The second-order valence-corrected chi connectivity index (χ2v) is 4.23. The molecule has 0 spiro atoms. The normalized spacial score (nSPS) is 17.0. The molecule has 0 aliphatic carbocycles. The lowest BCUT2D eigenvalue weighted by Gasteiger charge is -2.37. The van der Waals surface area contributed by atoms with Gasteiger partial charge in [0.15, 0.2) is 6.73 Å². The fourth-order valence-electron chi connectivity index (χ4n) is 0.925. The number of nitrogens with zero attached hydrogens (tertiary/aromatic N) is 1. The van der Waals surface area contributed by atoms with Crippen LogP contribution in [-0.4, -0.2) is 37.0 Å². The van der Waals surface area contributed by atoms with Gasteiger partial charge in [-0.1, -0.05) is 0 Å². The van der Waals surface area contributed by atoms with Crippen molar-refractivity contribution in [2.45, 2.75) is 46.8 Å². The van der Waals surface area contributed by atoms with Crippen LogP contribution in [0.3, 0.4) is 0 Å². The Hall–Kier alpha value is -0.0800. The van der Waals surface area contributed by atoms with Crippen LogP contribution in [0.15, 0.2) is 0 Å². The van der Waals surface area contributed by atoms with Crippen LogP contribution in [0.5, 0.6) is 0 Å². The second-order valence-electron chi connectivity index (χ2n) is 4.23. The average Bonchev–Trinajstić information content (AvgIpc) is 1.99. The lowest BCUT2D eigenvalue weighted by atomic mass is 10.3. The van der Waals surface area contributed by atoms with Gasteiger partial charge in [0.05, 0.1) is 25.7 Å². The molecule has 0 amide bonds. The summed E-state index contributed by atoms with van der Waals surface area (Å²) in [5, 5.41) is 0. The molecule has 0 saturated heterocycles. The largest absolute Gasteiger partial charge is 0.329 e. The molecule has 0 aliphatic rings. The fourth-order valence-corrected chi connectivity index (χ4v) is 0.925. The molecule has 0 N–H and O–H groups in total. The summed E-state index contributed by atoms with van der Waals surface area (Å²) in [5.41, 5.74) is 0. The van der Waals surface area contributed by atoms with Gasteiger partial charge < -0.3 is 9.22 Å². The van der Waals surface area contributed by atoms with Gasteiger partial charge in [0.1, 0.15) is 0 Å². The number of hydrogen-bond donors (Lipinski definition) is 0. The summed E-state index contributed by atoms with van der Waals surface area (Å²) in [5.74, 6) is 0. The van der Waals surface area contributed by atoms with Crippen LogP contribution in [0.25, 0.3) is 0 Å². The van der Waals surface area contributed by atoms with E-state index < -0.39 is 0 Å². The van der Waals surface area contributed by atoms with Gasteiger partial charge in [-0.05, 0) is 34.6 Å². The van der Waals surface area contributed by atoms with Gasteiger partial charge in [-0.3, -0.25) is 0 Å². The smallest absolute Gasteiger partial charge is 0.183 e. The summed E-state index contributed by atoms with van der Waals surface area (Å²) < 4.78 is 6.63. The Balaban J connectivity index is 3.97. The molecular weight excluding hydrogens is 150 g/mol. The summed E-state index contributed by atoms with van der Waals surface area (Å²) in [6.07, 6.45) is 0.341. The van der Waals surface area contributed by atoms with Crippen molar-refractivity contribution >= 4 is 0 Å². The van der Waals surface area contributed by atoms with Crippen molar-refractivity contribution in [1.29, 1.82) is 0 Å². The fraction of sp³-hybridized carbons (Fsp3) is 1.00. The van der Waals surface area contributed by atoms with Crippen LogP contribution >= 0.6 is 0 Å². The van der Waals surface area contributed by atoms with Crippen LogP contribution in [0, 0.1) is 0 Å². The number of rotatable bonds is 5. The average molecular weight is 174 g/mol. The van der Waals surface area contributed by atoms with Gasteiger partial charge in [0, 0.05) is 0 Å². The van der Waals surface area contributed by atoms with Gasteiger partial charge in [-0.25, -0.2) is 0 Å². The van der Waals surface area contributed by atoms with Crippen LogP contribution in [0.4, 0.5) is 0 Å². The highest BCUT2D eigenvalue weighted by Crippen LogP contribution is 2.10. The van der Waals surface area contributed by atoms with E-state index in [1.807, 2.05) is 0 Å². The minimum Gasteiger partial charge on any atom is -0.329 e. The van der Waals surface area contributed by atoms with Gasteiger partial charge in [-0.2, -0.15) is 0 Å². The van der Waals surface area contributed by atoms with Crippen molar-refractivity contribution in [3.05, 3.63) is 0 Å². The molecule has 0 heterocycles. The Morgan fingerprint density at radius 2 is 1.67 bits per heavy atom. The molecule has 0 radical (unpaired) electrons. The summed E-state index contributed by atoms with van der Waals surface area (Å²) in [4.78, 5) is 0. The maximum Gasteiger partial charge on any atom is 0.183 e. The predicted molar refractivity (Wildman–Crippen MR) is 52.9 cm³/mol. The first-order valence-electron chi connectivity index (χ1n) is 4.88. The van der Waals surface area contributed by atoms with Crippen LogP contribution < -0.4 is 0 Å². The molecule has 0 saturated carbocycles. The summed E-state index contributed by atoms with van der Waals surface area (Å²) >= 11 is 0. The summed E-state index contributed by atoms with van der Waals surface area (Å²) in [7, 11) is 2.24. The summed E-state index contributed by atoms with van der Waals surface area (Å²) in [6.45, 7) is 12.8. The monoisotopic (exact) mass is 174 g/mol. The molecule has 12 heavy (non-hydrogen) atoms. The molecule has 0 fully saturated rings. The predicted octanol–water partition coefficient (Wildman–Crippen LogP) is 2.24. The molecule has 74 valence electrons. The number of hydrogen-bond acceptors (Lipinski definition) is 1. The Kier molecular flexibility index (Phi) is 4.80.